The van der Waals surface area contributed by atoms with Gasteiger partial charge in [0.15, 0.2) is 29.1 Å². The van der Waals surface area contributed by atoms with Gasteiger partial charge in [0.25, 0.3) is 0 Å². The molecule has 0 aromatic heterocycles. The van der Waals surface area contributed by atoms with Crippen molar-refractivity contribution < 1.29 is 87.5 Å². The molecule has 1 saturated heterocycles. The molecule has 8 amide bonds. The predicted molar refractivity (Wildman–Crippen MR) is 336 cm³/mol. The maximum absolute atomic E-state index is 14.1. The van der Waals surface area contributed by atoms with Gasteiger partial charge in [-0.3, -0.25) is 72.1 Å². The summed E-state index contributed by atoms with van der Waals surface area (Å²) >= 11 is 4.23. The number of amides is 8. The van der Waals surface area contributed by atoms with Gasteiger partial charge in [-0.1, -0.05) is 52.0 Å². The quantitative estimate of drug-likeness (QED) is 0.0168. The molecule has 0 bridgehead atoms. The Labute approximate surface area is 538 Å². The number of carbonyl (C=O) groups is 14. The van der Waals surface area contributed by atoms with Gasteiger partial charge in [-0.25, -0.2) is 0 Å². The molecule has 0 radical (unpaired) electrons. The predicted octanol–water partition coefficient (Wildman–Crippen LogP) is -0.764. The van der Waals surface area contributed by atoms with E-state index in [-0.39, 0.29) is 92.4 Å². The number of Topliss-reactive ketones (excluding diaryl/α,β-unsaturated/α-hetero) is 5. The average Bonchev–Trinajstić information content (AvgIpc) is 1.64. The Kier molecular flexibility index (Phi) is 32.7. The number of rotatable bonds is 43. The van der Waals surface area contributed by atoms with Crippen molar-refractivity contribution in [3.63, 3.8) is 0 Å². The van der Waals surface area contributed by atoms with E-state index in [2.05, 4.69) is 44.2 Å². The van der Waals surface area contributed by atoms with Crippen molar-refractivity contribution in [1.82, 2.24) is 31.5 Å². The zero-order chi connectivity index (χ0) is 68.9. The second-order valence-corrected chi connectivity index (χ2v) is 24.0. The normalized spacial score (nSPS) is 15.7. The molecule has 0 spiro atoms. The van der Waals surface area contributed by atoms with Crippen molar-refractivity contribution in [3.8, 4) is 11.5 Å². The summed E-state index contributed by atoms with van der Waals surface area (Å²) in [6.07, 6.45) is -4.13. The third-order valence-corrected chi connectivity index (χ3v) is 15.8. The molecule has 506 valence electrons. The lowest BCUT2D eigenvalue weighted by Crippen LogP contribution is -2.52. The molecule has 1 aliphatic rings. The van der Waals surface area contributed by atoms with Gasteiger partial charge in [-0.05, 0) is 86.3 Å². The van der Waals surface area contributed by atoms with Crippen LogP contribution in [-0.2, 0) is 80.0 Å². The van der Waals surface area contributed by atoms with Gasteiger partial charge in [0, 0.05) is 87.5 Å². The fraction of sp³-hybridized carbons (Fsp3) is 0.565. The number of aromatic hydroxyl groups is 2. The summed E-state index contributed by atoms with van der Waals surface area (Å²) in [6, 6.07) is 3.37. The Bertz CT molecular complexity index is 2980. The lowest BCUT2D eigenvalue weighted by atomic mass is 9.86. The summed E-state index contributed by atoms with van der Waals surface area (Å²) in [5.74, 6) is -15.6. The molecule has 92 heavy (non-hydrogen) atoms. The lowest BCUT2D eigenvalue weighted by molar-refractivity contribution is -0.141. The van der Waals surface area contributed by atoms with Crippen molar-refractivity contribution in [2.75, 3.05) is 25.4 Å². The molecule has 2 aromatic carbocycles. The molecule has 29 nitrogen and oxygen atoms in total. The Hall–Kier alpha value is -8.80. The molecule has 0 aliphatic carbocycles. The second kappa shape index (κ2) is 38.8. The number of carboxylic acids is 1. The molecule has 1 heterocycles. The molecule has 1 fully saturated rings. The van der Waals surface area contributed by atoms with Crippen molar-refractivity contribution in [2.24, 2.45) is 57.5 Å². The van der Waals surface area contributed by atoms with Crippen LogP contribution in [0, 0.1) is 29.6 Å². The van der Waals surface area contributed by atoms with Crippen LogP contribution in [0.1, 0.15) is 129 Å². The molecule has 2 aromatic rings. The SMILES string of the molecule is CC(C)C[C@H](C)C(=O)C[C@@H](Cc1ccc(O)cc1)C(=O)N[C@@H](CCCN=C(N)N)C(=O)C[C@@H](C)C(=O)N[C@@H](CC(N)=O)C(=O)CCC(=O)N[C@@H](CC(=O)O)C(=O)CCC(=O)N1CCC[C@H]1C(=O)N[C@@H](CS)C(=O)C[C@@H](Cc1ccc(O)cc1)C(=O)N[C@@H](CO)C(N)=O. The highest BCUT2D eigenvalue weighted by atomic mass is 32.1. The number of hydrogen-bond acceptors (Lipinski definition) is 19. The number of hydrogen-bond donors (Lipinski definition) is 14. The first-order valence-corrected chi connectivity index (χ1v) is 31.0. The molecule has 0 saturated carbocycles. The minimum Gasteiger partial charge on any atom is -0.508 e. The van der Waals surface area contributed by atoms with E-state index in [1.54, 1.807) is 19.1 Å². The number of guanidine groups is 1. The summed E-state index contributed by atoms with van der Waals surface area (Å²) in [7, 11) is 0. The number of nitrogens with zero attached hydrogens (tertiary/aromatic N) is 2. The number of nitrogens with one attached hydrogen (secondary N) is 5. The van der Waals surface area contributed by atoms with Crippen LogP contribution in [0.15, 0.2) is 53.5 Å². The summed E-state index contributed by atoms with van der Waals surface area (Å²) in [4.78, 5) is 191. The van der Waals surface area contributed by atoms with Gasteiger partial charge in [-0.2, -0.15) is 12.6 Å². The van der Waals surface area contributed by atoms with Crippen LogP contribution in [0.25, 0.3) is 0 Å². The number of phenolic OH excluding ortho intramolecular Hbond substituents is 2. The smallest absolute Gasteiger partial charge is 0.305 e. The molecule has 10 atom stereocenters. The van der Waals surface area contributed by atoms with Gasteiger partial charge >= 0.3 is 5.97 Å². The van der Waals surface area contributed by atoms with Crippen LogP contribution in [0.5, 0.6) is 11.5 Å². The number of primary amides is 2. The standard InChI is InChI=1S/C62H89N11O18S/c1-33(2)23-34(3)50(79)27-38(25-36-9-13-40(75)14-10-36)59(89)69-42(7-5-21-67-62(65)66)51(80)24-35(4)58(88)70-43(29-53(63)82)48(77)17-19-54(83)68-44(30-56(85)86)49(78)18-20-55(84)73-22-6-8-47(73)61(91)72-46(32-92)52(81)28-39(26-37-11-15-41(76)16-12-37)60(90)71-45(31-74)57(64)87/h9-16,33-35,38-39,42-47,74-76,92H,5-8,17-32H2,1-4H3,(H2,63,82)(H2,64,87)(H,68,83)(H,69,89)(H,70,88)(H,71,90)(H,72,91)(H,85,86)(H4,65,66,67)/t34-,35+,38+,39+,42-,43-,44-,45-,46-,47-/m0/s1. The van der Waals surface area contributed by atoms with Crippen LogP contribution >= 0.6 is 12.6 Å². The Morgan fingerprint density at radius 2 is 1.10 bits per heavy atom. The monoisotopic (exact) mass is 1310 g/mol. The Balaban J connectivity index is 1.66. The van der Waals surface area contributed by atoms with Gasteiger partial charge in [0.05, 0.1) is 43.6 Å². The van der Waals surface area contributed by atoms with Crippen LogP contribution in [0.2, 0.25) is 0 Å². The lowest BCUT2D eigenvalue weighted by Gasteiger charge is -2.27. The Morgan fingerprint density at radius 3 is 1.60 bits per heavy atom. The molecule has 17 N–H and O–H groups in total. The summed E-state index contributed by atoms with van der Waals surface area (Å²) in [6.45, 7) is 6.36. The van der Waals surface area contributed by atoms with Gasteiger partial charge in [0.1, 0.15) is 29.4 Å². The number of benzene rings is 2. The van der Waals surface area contributed by atoms with Gasteiger partial charge < -0.3 is 74.8 Å². The molecule has 1 aliphatic heterocycles. The molecular formula is C62H89N11O18S. The topological polar surface area (TPSA) is 500 Å². The molecule has 0 unspecified atom stereocenters. The number of nitrogens with two attached hydrogens (primary N) is 4. The second-order valence-electron chi connectivity index (χ2n) is 23.6. The first-order chi connectivity index (χ1) is 43.3. The number of aliphatic hydroxyl groups excluding tert-OH is 1. The number of aliphatic imine (C=N–C) groups is 1. The third-order valence-electron chi connectivity index (χ3n) is 15.5. The molecule has 30 heteroatoms. The summed E-state index contributed by atoms with van der Waals surface area (Å²) in [5, 5.41) is 51.1. The van der Waals surface area contributed by atoms with Gasteiger partial charge in [0.2, 0.25) is 47.3 Å². The van der Waals surface area contributed by atoms with Crippen LogP contribution in [-0.4, -0.2) is 175 Å². The van der Waals surface area contributed by atoms with Gasteiger partial charge in [-0.15, -0.1) is 0 Å². The van der Waals surface area contributed by atoms with E-state index in [0.29, 0.717) is 24.0 Å². The third kappa shape index (κ3) is 27.3. The van der Waals surface area contributed by atoms with Crippen molar-refractivity contribution in [3.05, 3.63) is 59.7 Å². The number of ketones is 5. The van der Waals surface area contributed by atoms with E-state index in [9.17, 15) is 87.5 Å². The van der Waals surface area contributed by atoms with Crippen molar-refractivity contribution in [1.29, 1.82) is 0 Å². The number of likely N-dealkylation sites (tertiary alicyclic amines) is 1. The number of carboxylic acid groups (broad SMARTS) is 1. The number of carbonyl (C=O) groups excluding carboxylic acids is 13. The highest BCUT2D eigenvalue weighted by Crippen LogP contribution is 2.24. The highest BCUT2D eigenvalue weighted by molar-refractivity contribution is 7.80. The van der Waals surface area contributed by atoms with E-state index >= 15 is 0 Å². The first kappa shape index (κ1) is 77.4. The van der Waals surface area contributed by atoms with Crippen molar-refractivity contribution in [2.45, 2.75) is 167 Å². The largest absolute Gasteiger partial charge is 0.508 e. The zero-order valence-corrected chi connectivity index (χ0v) is 53.2. The van der Waals surface area contributed by atoms with E-state index in [1.807, 2.05) is 13.8 Å². The number of aliphatic carboxylic acids is 1. The maximum Gasteiger partial charge on any atom is 0.305 e. The van der Waals surface area contributed by atoms with E-state index in [1.165, 1.54) is 48.2 Å². The first-order valence-electron chi connectivity index (χ1n) is 30.4. The fourth-order valence-electron chi connectivity index (χ4n) is 10.4. The summed E-state index contributed by atoms with van der Waals surface area (Å²) < 4.78 is 0. The van der Waals surface area contributed by atoms with Crippen LogP contribution in [0.4, 0.5) is 0 Å². The number of aliphatic hydroxyl groups is 1. The number of phenols is 2. The molecular weight excluding hydrogens is 1220 g/mol. The zero-order valence-electron chi connectivity index (χ0n) is 52.3. The van der Waals surface area contributed by atoms with Crippen LogP contribution in [0.3, 0.4) is 0 Å². The summed E-state index contributed by atoms with van der Waals surface area (Å²) in [5.41, 5.74) is 22.8. The Morgan fingerprint density at radius 1 is 0.587 bits per heavy atom. The minimum absolute atomic E-state index is 0.00211. The minimum atomic E-state index is -1.71. The fourth-order valence-corrected chi connectivity index (χ4v) is 10.7. The maximum atomic E-state index is 14.1. The average molecular weight is 1310 g/mol. The van der Waals surface area contributed by atoms with Crippen LogP contribution < -0.4 is 49.5 Å². The van der Waals surface area contributed by atoms with Crippen molar-refractivity contribution >= 4 is 101 Å². The molecule has 3 rings (SSSR count). The van der Waals surface area contributed by atoms with E-state index in [4.69, 9.17) is 22.9 Å². The van der Waals surface area contributed by atoms with E-state index < -0.39 is 188 Å². The highest BCUT2D eigenvalue weighted by Gasteiger charge is 2.38. The number of thiol groups is 1. The van der Waals surface area contributed by atoms with E-state index in [0.717, 1.165) is 0 Å².